The summed E-state index contributed by atoms with van der Waals surface area (Å²) < 4.78 is 5.74. The van der Waals surface area contributed by atoms with Crippen molar-refractivity contribution in [3.8, 4) is 5.75 Å². The minimum absolute atomic E-state index is 0.232. The molecule has 0 aliphatic carbocycles. The molecule has 0 saturated carbocycles. The molecule has 0 unspecified atom stereocenters. The molecule has 0 amide bonds. The molecule has 0 spiro atoms. The highest BCUT2D eigenvalue weighted by atomic mass is 16.5. The summed E-state index contributed by atoms with van der Waals surface area (Å²) in [4.78, 5) is 21.2. The first-order chi connectivity index (χ1) is 12.5. The predicted octanol–water partition coefficient (Wildman–Crippen LogP) is 4.85. The summed E-state index contributed by atoms with van der Waals surface area (Å²) in [5.41, 5.74) is 2.56. The Labute approximate surface area is 156 Å². The molecule has 1 aromatic rings. The molecule has 1 rings (SSSR count). The molecule has 0 atom stereocenters. The van der Waals surface area contributed by atoms with Crippen molar-refractivity contribution in [1.29, 1.82) is 0 Å². The summed E-state index contributed by atoms with van der Waals surface area (Å²) in [6.07, 6.45) is 8.51. The molecule has 0 fully saturated rings. The van der Waals surface area contributed by atoms with Gasteiger partial charge in [-0.2, -0.15) is 0 Å². The molecule has 1 aromatic carbocycles. The Morgan fingerprint density at radius 2 is 1.42 bits per heavy atom. The number of ether oxygens (including phenoxy) is 1. The van der Waals surface area contributed by atoms with Crippen molar-refractivity contribution in [2.24, 2.45) is 0 Å². The maximum atomic E-state index is 10.6. The van der Waals surface area contributed by atoms with Gasteiger partial charge in [-0.05, 0) is 68.2 Å². The Morgan fingerprint density at radius 3 is 1.96 bits per heavy atom. The van der Waals surface area contributed by atoms with Gasteiger partial charge in [-0.25, -0.2) is 0 Å². The van der Waals surface area contributed by atoms with Gasteiger partial charge in [0.2, 0.25) is 0 Å². The molecule has 0 aliphatic heterocycles. The average molecular weight is 364 g/mol. The number of carboxylic acids is 2. The highest BCUT2D eigenvalue weighted by molar-refractivity contribution is 5.66. The third-order valence-corrected chi connectivity index (χ3v) is 4.32. The van der Waals surface area contributed by atoms with Crippen LogP contribution >= 0.6 is 0 Å². The van der Waals surface area contributed by atoms with E-state index in [1.807, 2.05) is 6.07 Å². The highest BCUT2D eigenvalue weighted by Crippen LogP contribution is 2.22. The molecular weight excluding hydrogens is 332 g/mol. The SMILES string of the molecule is CCCOc1ccc(CCCCCC(=O)O)c(CCCCCC(=O)O)c1. The minimum Gasteiger partial charge on any atom is -0.494 e. The zero-order chi connectivity index (χ0) is 19.2. The quantitative estimate of drug-likeness (QED) is 0.435. The van der Waals surface area contributed by atoms with Crippen molar-refractivity contribution in [2.75, 3.05) is 6.61 Å². The van der Waals surface area contributed by atoms with Crippen LogP contribution in [0.4, 0.5) is 0 Å². The van der Waals surface area contributed by atoms with Gasteiger partial charge in [0, 0.05) is 12.8 Å². The van der Waals surface area contributed by atoms with Gasteiger partial charge >= 0.3 is 11.9 Å². The second kappa shape index (κ2) is 13.2. The fourth-order valence-electron chi connectivity index (χ4n) is 2.93. The lowest BCUT2D eigenvalue weighted by Crippen LogP contribution is -2.00. The largest absolute Gasteiger partial charge is 0.494 e. The van der Waals surface area contributed by atoms with Crippen molar-refractivity contribution in [1.82, 2.24) is 0 Å². The first kappa shape index (κ1) is 22.0. The van der Waals surface area contributed by atoms with Crippen LogP contribution in [0, 0.1) is 0 Å². The van der Waals surface area contributed by atoms with Crippen molar-refractivity contribution in [3.05, 3.63) is 29.3 Å². The summed E-state index contributed by atoms with van der Waals surface area (Å²) in [5, 5.41) is 17.4. The van der Waals surface area contributed by atoms with Gasteiger partial charge in [0.05, 0.1) is 6.61 Å². The Balaban J connectivity index is 2.55. The van der Waals surface area contributed by atoms with E-state index in [0.29, 0.717) is 13.0 Å². The number of unbranched alkanes of at least 4 members (excludes halogenated alkanes) is 4. The molecule has 26 heavy (non-hydrogen) atoms. The summed E-state index contributed by atoms with van der Waals surface area (Å²) in [7, 11) is 0. The minimum atomic E-state index is -0.734. The van der Waals surface area contributed by atoms with E-state index in [4.69, 9.17) is 14.9 Å². The molecule has 0 aromatic heterocycles. The topological polar surface area (TPSA) is 83.8 Å². The van der Waals surface area contributed by atoms with Gasteiger partial charge < -0.3 is 14.9 Å². The van der Waals surface area contributed by atoms with E-state index in [9.17, 15) is 9.59 Å². The Kier molecular flexibility index (Phi) is 11.2. The lowest BCUT2D eigenvalue weighted by molar-refractivity contribution is -0.138. The van der Waals surface area contributed by atoms with E-state index < -0.39 is 11.9 Å². The molecular formula is C21H32O5. The second-order valence-electron chi connectivity index (χ2n) is 6.69. The fourth-order valence-corrected chi connectivity index (χ4v) is 2.93. The zero-order valence-corrected chi connectivity index (χ0v) is 15.8. The summed E-state index contributed by atoms with van der Waals surface area (Å²) in [5.74, 6) is -0.575. The fraction of sp³-hybridized carbons (Fsp3) is 0.619. The van der Waals surface area contributed by atoms with Gasteiger partial charge in [-0.1, -0.05) is 25.8 Å². The number of hydrogen-bond donors (Lipinski definition) is 2. The number of carbonyl (C=O) groups is 2. The van der Waals surface area contributed by atoms with E-state index in [2.05, 4.69) is 19.1 Å². The molecule has 0 heterocycles. The van der Waals surface area contributed by atoms with E-state index in [-0.39, 0.29) is 12.8 Å². The van der Waals surface area contributed by atoms with Gasteiger partial charge in [0.15, 0.2) is 0 Å². The number of benzene rings is 1. The predicted molar refractivity (Wildman–Crippen MR) is 102 cm³/mol. The zero-order valence-electron chi connectivity index (χ0n) is 15.8. The van der Waals surface area contributed by atoms with Crippen molar-refractivity contribution >= 4 is 11.9 Å². The number of carboxylic acid groups (broad SMARTS) is 2. The van der Waals surface area contributed by atoms with E-state index in [0.717, 1.165) is 57.1 Å². The van der Waals surface area contributed by atoms with Crippen LogP contribution in [0.1, 0.15) is 75.8 Å². The van der Waals surface area contributed by atoms with Gasteiger partial charge in [-0.3, -0.25) is 9.59 Å². The van der Waals surface area contributed by atoms with Crippen LogP contribution in [0.3, 0.4) is 0 Å². The Hall–Kier alpha value is -2.04. The third-order valence-electron chi connectivity index (χ3n) is 4.32. The van der Waals surface area contributed by atoms with Crippen LogP contribution in [0.2, 0.25) is 0 Å². The molecule has 5 heteroatoms. The normalized spacial score (nSPS) is 10.7. The smallest absolute Gasteiger partial charge is 0.303 e. The van der Waals surface area contributed by atoms with Crippen LogP contribution in [0.5, 0.6) is 5.75 Å². The maximum Gasteiger partial charge on any atom is 0.303 e. The van der Waals surface area contributed by atoms with Crippen molar-refractivity contribution in [2.45, 2.75) is 77.6 Å². The first-order valence-corrected chi connectivity index (χ1v) is 9.71. The average Bonchev–Trinajstić information content (AvgIpc) is 2.60. The van der Waals surface area contributed by atoms with Crippen LogP contribution in [0.25, 0.3) is 0 Å². The van der Waals surface area contributed by atoms with Gasteiger partial charge in [-0.15, -0.1) is 0 Å². The van der Waals surface area contributed by atoms with Crippen LogP contribution < -0.4 is 4.74 Å². The first-order valence-electron chi connectivity index (χ1n) is 9.71. The lowest BCUT2D eigenvalue weighted by Gasteiger charge is -2.13. The number of aliphatic carboxylic acids is 2. The molecule has 0 bridgehead atoms. The van der Waals surface area contributed by atoms with Crippen molar-refractivity contribution < 1.29 is 24.5 Å². The Morgan fingerprint density at radius 1 is 0.846 bits per heavy atom. The van der Waals surface area contributed by atoms with Gasteiger partial charge in [0.1, 0.15) is 5.75 Å². The molecule has 5 nitrogen and oxygen atoms in total. The van der Waals surface area contributed by atoms with Crippen LogP contribution in [-0.4, -0.2) is 28.8 Å². The third kappa shape index (κ3) is 10.1. The van der Waals surface area contributed by atoms with Crippen LogP contribution in [0.15, 0.2) is 18.2 Å². The Bertz CT molecular complexity index is 553. The highest BCUT2D eigenvalue weighted by Gasteiger charge is 2.07. The number of hydrogen-bond acceptors (Lipinski definition) is 3. The molecule has 0 saturated heterocycles. The van der Waals surface area contributed by atoms with Gasteiger partial charge in [0.25, 0.3) is 0 Å². The monoisotopic (exact) mass is 364 g/mol. The lowest BCUT2D eigenvalue weighted by atomic mass is 9.96. The summed E-state index contributed by atoms with van der Waals surface area (Å²) in [6.45, 7) is 2.78. The molecule has 146 valence electrons. The summed E-state index contributed by atoms with van der Waals surface area (Å²) in [6, 6.07) is 6.24. The molecule has 0 radical (unpaired) electrons. The second-order valence-corrected chi connectivity index (χ2v) is 6.69. The maximum absolute atomic E-state index is 10.6. The van der Waals surface area contributed by atoms with E-state index >= 15 is 0 Å². The van der Waals surface area contributed by atoms with E-state index in [1.165, 1.54) is 11.1 Å². The summed E-state index contributed by atoms with van der Waals surface area (Å²) >= 11 is 0. The standard InChI is InChI=1S/C21H32O5/c1-2-15-26-19-14-13-17(9-5-3-7-11-20(22)23)18(16-19)10-6-4-8-12-21(24)25/h13-14,16H,2-12,15H2,1H3,(H,22,23)(H,24,25). The molecule has 0 aliphatic rings. The number of rotatable bonds is 15. The van der Waals surface area contributed by atoms with Crippen LogP contribution in [-0.2, 0) is 22.4 Å². The molecule has 2 N–H and O–H groups in total. The number of aryl methyl sites for hydroxylation is 2. The van der Waals surface area contributed by atoms with E-state index in [1.54, 1.807) is 0 Å². The van der Waals surface area contributed by atoms with Crippen molar-refractivity contribution in [3.63, 3.8) is 0 Å².